The molecule has 2 aromatic carbocycles. The highest BCUT2D eigenvalue weighted by atomic mass is 32.2. The highest BCUT2D eigenvalue weighted by molar-refractivity contribution is 7.89. The number of nitrogens with zero attached hydrogens (tertiary/aromatic N) is 2. The minimum atomic E-state index is -3.77. The number of aromatic nitrogens is 1. The van der Waals surface area contributed by atoms with Crippen LogP contribution in [-0.2, 0) is 16.4 Å². The first-order valence-corrected chi connectivity index (χ1v) is 11.7. The van der Waals surface area contributed by atoms with Gasteiger partial charge in [0.15, 0.2) is 5.13 Å². The summed E-state index contributed by atoms with van der Waals surface area (Å²) in [6, 6.07) is 13.6. The van der Waals surface area contributed by atoms with Gasteiger partial charge in [-0.2, -0.15) is 0 Å². The van der Waals surface area contributed by atoms with Crippen LogP contribution < -0.4 is 10.5 Å². The SMILES string of the molecule is CC[C@@H](Cc1ccccc1)c1c(S(=O)(=O)[N]CC(C)C)ccc2sc(N)nc12. The monoisotopic (exact) mass is 416 g/mol. The fourth-order valence-electron chi connectivity index (χ4n) is 3.30. The molecule has 0 saturated carbocycles. The van der Waals surface area contributed by atoms with Crippen molar-refractivity contribution >= 4 is 36.7 Å². The Hall–Kier alpha value is -1.96. The fourth-order valence-corrected chi connectivity index (χ4v) is 5.46. The number of benzene rings is 2. The van der Waals surface area contributed by atoms with Crippen LogP contribution in [0.4, 0.5) is 5.13 Å². The Bertz CT molecular complexity index is 1040. The number of sulfonamides is 1. The van der Waals surface area contributed by atoms with Crippen molar-refractivity contribution in [1.82, 2.24) is 9.71 Å². The lowest BCUT2D eigenvalue weighted by Gasteiger charge is -2.20. The maximum atomic E-state index is 13.1. The van der Waals surface area contributed by atoms with Gasteiger partial charge in [-0.25, -0.2) is 13.4 Å². The molecule has 0 aliphatic rings. The third kappa shape index (κ3) is 4.54. The summed E-state index contributed by atoms with van der Waals surface area (Å²) < 4.78 is 31.1. The van der Waals surface area contributed by atoms with Gasteiger partial charge in [-0.05, 0) is 42.4 Å². The number of thiazole rings is 1. The normalized spacial score (nSPS) is 13.3. The van der Waals surface area contributed by atoms with Gasteiger partial charge in [0.05, 0.1) is 15.1 Å². The highest BCUT2D eigenvalue weighted by Crippen LogP contribution is 2.38. The Morgan fingerprint density at radius 3 is 2.50 bits per heavy atom. The fraction of sp³-hybridized carbons (Fsp3) is 0.381. The molecule has 149 valence electrons. The van der Waals surface area contributed by atoms with Crippen LogP contribution in [0.15, 0.2) is 47.4 Å². The summed E-state index contributed by atoms with van der Waals surface area (Å²) >= 11 is 1.38. The number of hydrogen-bond acceptors (Lipinski definition) is 5. The minimum Gasteiger partial charge on any atom is -0.375 e. The van der Waals surface area contributed by atoms with Crippen molar-refractivity contribution in [2.45, 2.75) is 44.4 Å². The van der Waals surface area contributed by atoms with E-state index in [1.165, 1.54) is 11.3 Å². The van der Waals surface area contributed by atoms with Gasteiger partial charge in [0.1, 0.15) is 0 Å². The molecule has 0 spiro atoms. The Morgan fingerprint density at radius 1 is 1.14 bits per heavy atom. The Labute approximate surface area is 171 Å². The van der Waals surface area contributed by atoms with Crippen molar-refractivity contribution in [3.63, 3.8) is 0 Å². The molecule has 3 aromatic rings. The summed E-state index contributed by atoms with van der Waals surface area (Å²) in [5, 5.41) is 0.444. The van der Waals surface area contributed by atoms with Crippen LogP contribution in [0.25, 0.3) is 10.2 Å². The van der Waals surface area contributed by atoms with Crippen molar-refractivity contribution in [3.8, 4) is 0 Å². The van der Waals surface area contributed by atoms with Gasteiger partial charge < -0.3 is 5.73 Å². The molecule has 0 saturated heterocycles. The molecule has 28 heavy (non-hydrogen) atoms. The van der Waals surface area contributed by atoms with Crippen molar-refractivity contribution in [2.24, 2.45) is 5.92 Å². The molecule has 3 rings (SSSR count). The van der Waals surface area contributed by atoms with Gasteiger partial charge in [0, 0.05) is 12.1 Å². The largest absolute Gasteiger partial charge is 0.375 e. The number of rotatable bonds is 8. The average molecular weight is 417 g/mol. The van der Waals surface area contributed by atoms with Gasteiger partial charge >= 0.3 is 0 Å². The second-order valence-corrected chi connectivity index (χ2v) is 10.1. The summed E-state index contributed by atoms with van der Waals surface area (Å²) in [6.45, 7) is 6.25. The van der Waals surface area contributed by atoms with Crippen LogP contribution in [0.3, 0.4) is 0 Å². The predicted molar refractivity (Wildman–Crippen MR) is 116 cm³/mol. The van der Waals surface area contributed by atoms with E-state index in [4.69, 9.17) is 5.73 Å². The second-order valence-electron chi connectivity index (χ2n) is 7.35. The molecule has 0 aliphatic heterocycles. The van der Waals surface area contributed by atoms with Crippen molar-refractivity contribution in [1.29, 1.82) is 0 Å². The summed E-state index contributed by atoms with van der Waals surface area (Å²) in [4.78, 5) is 4.74. The van der Waals surface area contributed by atoms with Gasteiger partial charge in [0.25, 0.3) is 10.0 Å². The van der Waals surface area contributed by atoms with Gasteiger partial charge in [0.2, 0.25) is 0 Å². The quantitative estimate of drug-likeness (QED) is 0.583. The van der Waals surface area contributed by atoms with E-state index in [-0.39, 0.29) is 23.3 Å². The van der Waals surface area contributed by atoms with Crippen LogP contribution in [-0.4, -0.2) is 19.9 Å². The summed E-state index contributed by atoms with van der Waals surface area (Å²) in [5.41, 5.74) is 8.54. The van der Waals surface area contributed by atoms with Crippen molar-refractivity contribution < 1.29 is 8.42 Å². The smallest absolute Gasteiger partial charge is 0.257 e. The molecule has 1 radical (unpaired) electrons. The number of fused-ring (bicyclic) bond motifs is 1. The average Bonchev–Trinajstić information content (AvgIpc) is 3.05. The zero-order valence-corrected chi connectivity index (χ0v) is 18.1. The van der Waals surface area contributed by atoms with E-state index in [9.17, 15) is 8.42 Å². The van der Waals surface area contributed by atoms with Crippen LogP contribution >= 0.6 is 11.3 Å². The van der Waals surface area contributed by atoms with Crippen LogP contribution in [0, 0.1) is 5.92 Å². The highest BCUT2D eigenvalue weighted by Gasteiger charge is 2.27. The van der Waals surface area contributed by atoms with Gasteiger partial charge in [-0.1, -0.05) is 62.4 Å². The van der Waals surface area contributed by atoms with E-state index < -0.39 is 10.0 Å². The van der Waals surface area contributed by atoms with E-state index in [0.717, 1.165) is 28.7 Å². The van der Waals surface area contributed by atoms with E-state index >= 15 is 0 Å². The predicted octanol–water partition coefficient (Wildman–Crippen LogP) is 4.56. The first-order chi connectivity index (χ1) is 13.3. The molecule has 7 heteroatoms. The minimum absolute atomic E-state index is 0.00613. The molecule has 0 amide bonds. The summed E-state index contributed by atoms with van der Waals surface area (Å²) in [7, 11) is -3.77. The Balaban J connectivity index is 2.14. The molecule has 0 unspecified atom stereocenters. The molecule has 1 aromatic heterocycles. The Kier molecular flexibility index (Phi) is 6.37. The molecule has 1 atom stereocenters. The third-order valence-corrected chi connectivity index (χ3v) is 6.94. The first kappa shape index (κ1) is 20.8. The van der Waals surface area contributed by atoms with Crippen LogP contribution in [0.5, 0.6) is 0 Å². The number of anilines is 1. The summed E-state index contributed by atoms with van der Waals surface area (Å²) in [6.07, 6.45) is 1.53. The standard InChI is InChI=1S/C21H26N3O2S2/c1-4-16(12-15-8-6-5-7-9-15)19-18(28(25,26)23-13-14(2)3)11-10-17-20(19)24-21(22)27-17/h5-11,14,16H,4,12-13H2,1-3H3,(H2,22,24)/t16-/m0/s1. The molecule has 0 bridgehead atoms. The van der Waals surface area contributed by atoms with Gasteiger partial charge in [-0.3, -0.25) is 0 Å². The van der Waals surface area contributed by atoms with Crippen LogP contribution in [0.1, 0.15) is 44.2 Å². The Morgan fingerprint density at radius 2 is 1.86 bits per heavy atom. The molecule has 0 fully saturated rings. The zero-order chi connectivity index (χ0) is 20.3. The topological polar surface area (TPSA) is 87.2 Å². The molecule has 1 heterocycles. The number of nitrogen functional groups attached to an aromatic ring is 1. The third-order valence-electron chi connectivity index (χ3n) is 4.69. The number of hydrogen-bond donors (Lipinski definition) is 1. The number of nitrogens with two attached hydrogens (primary N) is 1. The van der Waals surface area contributed by atoms with E-state index in [1.807, 2.05) is 32.0 Å². The molecular weight excluding hydrogens is 390 g/mol. The lowest BCUT2D eigenvalue weighted by atomic mass is 9.89. The van der Waals surface area contributed by atoms with E-state index in [0.29, 0.717) is 10.6 Å². The van der Waals surface area contributed by atoms with Gasteiger partial charge in [-0.15, -0.1) is 4.72 Å². The first-order valence-electron chi connectivity index (χ1n) is 9.48. The lowest BCUT2D eigenvalue weighted by molar-refractivity contribution is 0.553. The zero-order valence-electron chi connectivity index (χ0n) is 16.4. The molecule has 0 aliphatic carbocycles. The van der Waals surface area contributed by atoms with E-state index in [2.05, 4.69) is 28.8 Å². The molecular formula is C21H26N3O2S2. The lowest BCUT2D eigenvalue weighted by Crippen LogP contribution is -2.23. The maximum absolute atomic E-state index is 13.1. The van der Waals surface area contributed by atoms with Crippen LogP contribution in [0.2, 0.25) is 0 Å². The van der Waals surface area contributed by atoms with Crippen molar-refractivity contribution in [2.75, 3.05) is 12.3 Å². The molecule has 2 N–H and O–H groups in total. The second kappa shape index (κ2) is 8.59. The van der Waals surface area contributed by atoms with E-state index in [1.54, 1.807) is 12.1 Å². The maximum Gasteiger partial charge on any atom is 0.257 e. The van der Waals surface area contributed by atoms with Crippen molar-refractivity contribution in [3.05, 3.63) is 53.6 Å². The summed E-state index contributed by atoms with van der Waals surface area (Å²) in [5.74, 6) is 0.176. The molecule has 5 nitrogen and oxygen atoms in total.